The van der Waals surface area contributed by atoms with Crippen molar-refractivity contribution >= 4 is 64.6 Å². The molecule has 15 rings (SSSR count). The van der Waals surface area contributed by atoms with Crippen molar-refractivity contribution in [2.75, 3.05) is 0 Å². The van der Waals surface area contributed by atoms with Crippen LogP contribution >= 0.6 is 0 Å². The first kappa shape index (κ1) is 37.6. The Morgan fingerprint density at radius 3 is 1.03 bits per heavy atom. The molecule has 0 saturated carbocycles. The summed E-state index contributed by atoms with van der Waals surface area (Å²) in [5.41, 5.74) is 23.4. The highest BCUT2D eigenvalue weighted by Crippen LogP contribution is 2.60. The lowest BCUT2D eigenvalue weighted by molar-refractivity contribution is 1.44. The van der Waals surface area contributed by atoms with Crippen LogP contribution in [-0.4, -0.2) is 0 Å². The number of rotatable bonds is 4. The number of fused-ring (bicyclic) bond motifs is 14. The Balaban J connectivity index is 1.06. The summed E-state index contributed by atoms with van der Waals surface area (Å²) in [5, 5.41) is 15.6. The van der Waals surface area contributed by atoms with E-state index in [4.69, 9.17) is 0 Å². The van der Waals surface area contributed by atoms with E-state index in [1.807, 2.05) is 0 Å². The second-order valence-corrected chi connectivity index (χ2v) is 19.0. The van der Waals surface area contributed by atoms with Gasteiger partial charge in [-0.25, -0.2) is 0 Å². The van der Waals surface area contributed by atoms with Gasteiger partial charge in [-0.1, -0.05) is 206 Å². The first-order chi connectivity index (χ1) is 33.6. The van der Waals surface area contributed by atoms with E-state index < -0.39 is 0 Å². The zero-order chi connectivity index (χ0) is 44.8. The second-order valence-electron chi connectivity index (χ2n) is 19.0. The highest BCUT2D eigenvalue weighted by Gasteiger charge is 2.33. The SMILES string of the molecule is Cc1ccccc1-c1ccc(-c2ccccc2C)c2c1-c1cccc3c1c-2cc1c3ccc2c3cc4c5c(cccc5c3ccc12)-c1c-4c(-c2ccccc2)c2ccccc2c1-c1ccccc1. The van der Waals surface area contributed by atoms with E-state index in [0.717, 1.165) is 0 Å². The molecule has 0 spiro atoms. The monoisotopic (exact) mass is 858 g/mol. The average Bonchev–Trinajstić information content (AvgIpc) is 3.90. The van der Waals surface area contributed by atoms with E-state index in [1.165, 1.54) is 165 Å². The van der Waals surface area contributed by atoms with E-state index in [9.17, 15) is 0 Å². The standard InChI is InChI=1S/C68H42/c1-39-17-9-11-23-43(39)53-35-36-54(44-24-12-10-18-40(44)2)66-59-37-57-45-31-34-48-50-28-16-30-56-64(50)60(38-58(48)46(45)32-33-47(57)49-27-15-29-55(63(49)59)65(53)66)68-62(42-21-7-4-8-22-42)52-26-14-13-25-51(52)61(67(56)68)41-19-5-3-6-20-41/h3-38H,1-2H3. The Morgan fingerprint density at radius 1 is 0.191 bits per heavy atom. The maximum atomic E-state index is 2.55. The first-order valence-corrected chi connectivity index (χ1v) is 23.9. The molecule has 314 valence electrons. The van der Waals surface area contributed by atoms with Gasteiger partial charge >= 0.3 is 0 Å². The van der Waals surface area contributed by atoms with Crippen molar-refractivity contribution in [3.05, 3.63) is 230 Å². The smallest absolute Gasteiger partial charge is 0.000719 e. The van der Waals surface area contributed by atoms with Crippen LogP contribution < -0.4 is 0 Å². The van der Waals surface area contributed by atoms with Gasteiger partial charge in [-0.15, -0.1) is 0 Å². The molecule has 0 radical (unpaired) electrons. The van der Waals surface area contributed by atoms with Gasteiger partial charge in [0, 0.05) is 0 Å². The fourth-order valence-corrected chi connectivity index (χ4v) is 12.8. The minimum absolute atomic E-state index is 1.24. The second kappa shape index (κ2) is 14.0. The number of aryl methyl sites for hydroxylation is 2. The minimum atomic E-state index is 1.24. The molecule has 0 N–H and O–H groups in total. The Labute approximate surface area is 395 Å². The van der Waals surface area contributed by atoms with Gasteiger partial charge in [0.15, 0.2) is 0 Å². The highest BCUT2D eigenvalue weighted by atomic mass is 14.4. The summed E-state index contributed by atoms with van der Waals surface area (Å²) in [6.07, 6.45) is 0. The molecule has 0 aliphatic heterocycles. The summed E-state index contributed by atoms with van der Waals surface area (Å²) in [6.45, 7) is 4.49. The van der Waals surface area contributed by atoms with Crippen molar-refractivity contribution in [3.8, 4) is 89.0 Å². The fraction of sp³-hybridized carbons (Fsp3) is 0.0294. The predicted octanol–water partition coefficient (Wildman–Crippen LogP) is 19.2. The van der Waals surface area contributed by atoms with Gasteiger partial charge in [0.05, 0.1) is 0 Å². The lowest BCUT2D eigenvalue weighted by atomic mass is 9.82. The van der Waals surface area contributed by atoms with Crippen LogP contribution in [0.3, 0.4) is 0 Å². The van der Waals surface area contributed by atoms with Gasteiger partial charge in [-0.3, -0.25) is 0 Å². The molecule has 13 aromatic rings. The van der Waals surface area contributed by atoms with Crippen LogP contribution in [0, 0.1) is 13.8 Å². The van der Waals surface area contributed by atoms with E-state index in [1.54, 1.807) is 0 Å². The van der Waals surface area contributed by atoms with Crippen LogP contribution in [-0.2, 0) is 0 Å². The lowest BCUT2D eigenvalue weighted by Gasteiger charge is -2.20. The quantitative estimate of drug-likeness (QED) is 0.155. The number of hydrogen-bond donors (Lipinski definition) is 0. The molecule has 2 aliphatic carbocycles. The maximum Gasteiger partial charge on any atom is -0.000719 e. The Morgan fingerprint density at radius 2 is 0.544 bits per heavy atom. The molecule has 0 heterocycles. The van der Waals surface area contributed by atoms with E-state index >= 15 is 0 Å². The molecule has 2 aliphatic rings. The third kappa shape index (κ3) is 4.99. The van der Waals surface area contributed by atoms with Crippen molar-refractivity contribution in [1.29, 1.82) is 0 Å². The summed E-state index contributed by atoms with van der Waals surface area (Å²) in [4.78, 5) is 0. The molecular weight excluding hydrogens is 817 g/mol. The predicted molar refractivity (Wildman–Crippen MR) is 292 cm³/mol. The van der Waals surface area contributed by atoms with Crippen molar-refractivity contribution < 1.29 is 0 Å². The molecule has 0 amide bonds. The average molecular weight is 859 g/mol. The normalized spacial score (nSPS) is 12.3. The highest BCUT2D eigenvalue weighted by molar-refractivity contribution is 6.35. The van der Waals surface area contributed by atoms with Crippen molar-refractivity contribution in [2.24, 2.45) is 0 Å². The molecule has 0 bridgehead atoms. The van der Waals surface area contributed by atoms with Gasteiger partial charge < -0.3 is 0 Å². The molecule has 0 fully saturated rings. The van der Waals surface area contributed by atoms with Crippen LogP contribution in [0.5, 0.6) is 0 Å². The summed E-state index contributed by atoms with van der Waals surface area (Å²) in [6, 6.07) is 82.5. The minimum Gasteiger partial charge on any atom is -0.0622 e. The van der Waals surface area contributed by atoms with Gasteiger partial charge in [0.1, 0.15) is 0 Å². The number of hydrogen-bond acceptors (Lipinski definition) is 0. The Hall–Kier alpha value is -8.58. The topological polar surface area (TPSA) is 0 Å². The summed E-state index contributed by atoms with van der Waals surface area (Å²) in [7, 11) is 0. The Bertz CT molecular complexity index is 4360. The fourth-order valence-electron chi connectivity index (χ4n) is 12.8. The lowest BCUT2D eigenvalue weighted by Crippen LogP contribution is -1.93. The van der Waals surface area contributed by atoms with Gasteiger partial charge in [-0.2, -0.15) is 0 Å². The molecular formula is C68H42. The first-order valence-electron chi connectivity index (χ1n) is 23.9. The molecule has 0 unspecified atom stereocenters. The van der Waals surface area contributed by atoms with Crippen LogP contribution in [0.15, 0.2) is 218 Å². The molecule has 68 heavy (non-hydrogen) atoms. The summed E-state index contributed by atoms with van der Waals surface area (Å²) >= 11 is 0. The largest absolute Gasteiger partial charge is 0.0622 e. The molecule has 0 saturated heterocycles. The van der Waals surface area contributed by atoms with Gasteiger partial charge in [0.25, 0.3) is 0 Å². The summed E-state index contributed by atoms with van der Waals surface area (Å²) in [5.74, 6) is 0. The zero-order valence-electron chi connectivity index (χ0n) is 37.8. The van der Waals surface area contributed by atoms with Crippen LogP contribution in [0.4, 0.5) is 0 Å². The van der Waals surface area contributed by atoms with E-state index in [2.05, 4.69) is 232 Å². The van der Waals surface area contributed by atoms with E-state index in [0.29, 0.717) is 0 Å². The Kier molecular flexibility index (Phi) is 7.73. The molecule has 0 heteroatoms. The summed E-state index contributed by atoms with van der Waals surface area (Å²) < 4.78 is 0. The van der Waals surface area contributed by atoms with Crippen molar-refractivity contribution in [3.63, 3.8) is 0 Å². The maximum absolute atomic E-state index is 2.55. The molecule has 13 aromatic carbocycles. The number of benzene rings is 13. The van der Waals surface area contributed by atoms with Crippen LogP contribution in [0.25, 0.3) is 154 Å². The zero-order valence-corrected chi connectivity index (χ0v) is 37.8. The molecule has 0 atom stereocenters. The molecule has 0 nitrogen and oxygen atoms in total. The van der Waals surface area contributed by atoms with Crippen LogP contribution in [0.1, 0.15) is 11.1 Å². The van der Waals surface area contributed by atoms with Gasteiger partial charge in [0.2, 0.25) is 0 Å². The van der Waals surface area contributed by atoms with Gasteiger partial charge in [-0.05, 0) is 191 Å². The van der Waals surface area contributed by atoms with E-state index in [-0.39, 0.29) is 0 Å². The molecule has 0 aromatic heterocycles. The van der Waals surface area contributed by atoms with Crippen LogP contribution in [0.2, 0.25) is 0 Å². The third-order valence-corrected chi connectivity index (χ3v) is 15.6. The van der Waals surface area contributed by atoms with Crippen molar-refractivity contribution in [1.82, 2.24) is 0 Å². The van der Waals surface area contributed by atoms with Crippen molar-refractivity contribution in [2.45, 2.75) is 13.8 Å². The third-order valence-electron chi connectivity index (χ3n) is 15.6.